The van der Waals surface area contributed by atoms with Gasteiger partial charge in [-0.2, -0.15) is 21.6 Å². The number of rotatable bonds is 7. The number of piperazine rings is 1. The molecule has 0 radical (unpaired) electrons. The summed E-state index contributed by atoms with van der Waals surface area (Å²) in [6.07, 6.45) is -0.867. The number of amides is 2. The summed E-state index contributed by atoms with van der Waals surface area (Å²) in [6.45, 7) is 3.35. The van der Waals surface area contributed by atoms with E-state index < -0.39 is 52.4 Å². The van der Waals surface area contributed by atoms with E-state index in [4.69, 9.17) is 9.47 Å². The van der Waals surface area contributed by atoms with Crippen molar-refractivity contribution in [3.05, 3.63) is 60.2 Å². The van der Waals surface area contributed by atoms with E-state index >= 15 is 0 Å². The van der Waals surface area contributed by atoms with Gasteiger partial charge in [-0.25, -0.2) is 4.79 Å². The first kappa shape index (κ1) is 28.3. The summed E-state index contributed by atoms with van der Waals surface area (Å²) in [5, 5.41) is 0. The zero-order chi connectivity index (χ0) is 27.4. The SMILES string of the molecule is CC(C)(C)OC(=O)N1CC(=O)N(c2ccc(OCc3ccccc3)cc2)[C@@H](COS(=O)(=O)C(F)(F)F)C1. The summed E-state index contributed by atoms with van der Waals surface area (Å²) in [5.41, 5.74) is -5.33. The number of carbonyl (C=O) groups excluding carboxylic acids is 2. The smallest absolute Gasteiger partial charge is 0.489 e. The monoisotopic (exact) mass is 544 g/mol. The standard InChI is InChI=1S/C24H27F3N2O7S/c1-23(2,3)36-22(31)28-13-19(16-35-37(32,33)24(25,26)27)29(21(30)14-28)18-9-11-20(12-10-18)34-15-17-7-5-4-6-8-17/h4-12,19H,13-16H2,1-3H3/t19-/m1/s1. The molecule has 1 fully saturated rings. The molecule has 13 heteroatoms. The van der Waals surface area contributed by atoms with Gasteiger partial charge in [0, 0.05) is 12.2 Å². The molecule has 3 rings (SSSR count). The predicted molar refractivity (Wildman–Crippen MR) is 127 cm³/mol. The van der Waals surface area contributed by atoms with Gasteiger partial charge in [0.05, 0.1) is 12.6 Å². The van der Waals surface area contributed by atoms with Crippen molar-refractivity contribution in [3.8, 4) is 5.75 Å². The van der Waals surface area contributed by atoms with E-state index in [1.54, 1.807) is 32.9 Å². The maximum Gasteiger partial charge on any atom is 0.523 e. The molecule has 2 amide bonds. The Hall–Kier alpha value is -3.32. The van der Waals surface area contributed by atoms with Crippen molar-refractivity contribution in [1.82, 2.24) is 4.90 Å². The molecule has 1 aliphatic rings. The van der Waals surface area contributed by atoms with Crippen LogP contribution < -0.4 is 9.64 Å². The summed E-state index contributed by atoms with van der Waals surface area (Å²) in [5.74, 6) is -0.187. The Bertz CT molecular complexity index is 1200. The second-order valence-corrected chi connectivity index (χ2v) is 10.8. The third-order valence-corrected chi connectivity index (χ3v) is 6.12. The summed E-state index contributed by atoms with van der Waals surface area (Å²) in [6, 6.07) is 14.3. The second kappa shape index (κ2) is 11.0. The highest BCUT2D eigenvalue weighted by molar-refractivity contribution is 7.87. The molecule has 2 aromatic rings. The van der Waals surface area contributed by atoms with E-state index in [0.717, 1.165) is 15.4 Å². The van der Waals surface area contributed by atoms with E-state index in [1.807, 2.05) is 30.3 Å². The quantitative estimate of drug-likeness (QED) is 0.382. The van der Waals surface area contributed by atoms with Gasteiger partial charge in [0.1, 0.15) is 24.5 Å². The zero-order valence-electron chi connectivity index (χ0n) is 20.4. The van der Waals surface area contributed by atoms with E-state index in [1.165, 1.54) is 12.1 Å². The van der Waals surface area contributed by atoms with Crippen LogP contribution in [0.2, 0.25) is 0 Å². The van der Waals surface area contributed by atoms with Crippen molar-refractivity contribution in [2.45, 2.75) is 44.5 Å². The van der Waals surface area contributed by atoms with Crippen molar-refractivity contribution in [1.29, 1.82) is 0 Å². The highest BCUT2D eigenvalue weighted by atomic mass is 32.2. The molecule has 0 aromatic heterocycles. The number of hydrogen-bond acceptors (Lipinski definition) is 7. The van der Waals surface area contributed by atoms with Crippen molar-refractivity contribution in [3.63, 3.8) is 0 Å². The molecule has 0 spiro atoms. The minimum atomic E-state index is -5.92. The normalized spacial score (nSPS) is 17.0. The van der Waals surface area contributed by atoms with Crippen LogP contribution in [0.4, 0.5) is 23.7 Å². The molecular weight excluding hydrogens is 517 g/mol. The fraction of sp³-hybridized carbons (Fsp3) is 0.417. The van der Waals surface area contributed by atoms with E-state index in [9.17, 15) is 31.2 Å². The number of carbonyl (C=O) groups is 2. The van der Waals surface area contributed by atoms with Crippen LogP contribution in [0.25, 0.3) is 0 Å². The molecule has 0 unspecified atom stereocenters. The fourth-order valence-corrected chi connectivity index (χ4v) is 3.94. The van der Waals surface area contributed by atoms with Gasteiger partial charge >= 0.3 is 21.7 Å². The molecule has 1 atom stereocenters. The number of benzene rings is 2. The van der Waals surface area contributed by atoms with Crippen molar-refractivity contribution in [2.24, 2.45) is 0 Å². The number of halogens is 3. The maximum absolute atomic E-state index is 13.0. The Balaban J connectivity index is 1.80. The summed E-state index contributed by atoms with van der Waals surface area (Å²) in [7, 11) is -5.92. The number of alkyl halides is 3. The summed E-state index contributed by atoms with van der Waals surface area (Å²) < 4.78 is 76.6. The molecule has 1 heterocycles. The number of anilines is 1. The van der Waals surface area contributed by atoms with E-state index in [0.29, 0.717) is 12.4 Å². The first-order valence-electron chi connectivity index (χ1n) is 11.2. The van der Waals surface area contributed by atoms with Gasteiger partial charge in [-0.15, -0.1) is 0 Å². The molecule has 0 bridgehead atoms. The van der Waals surface area contributed by atoms with Crippen molar-refractivity contribution in [2.75, 3.05) is 24.6 Å². The topological polar surface area (TPSA) is 102 Å². The van der Waals surface area contributed by atoms with Crippen molar-refractivity contribution >= 4 is 27.8 Å². The number of ether oxygens (including phenoxy) is 2. The minimum absolute atomic E-state index is 0.263. The Kier molecular flexibility index (Phi) is 8.38. The van der Waals surface area contributed by atoms with Crippen LogP contribution in [-0.2, 0) is 30.4 Å². The lowest BCUT2D eigenvalue weighted by Crippen LogP contribution is -2.60. The summed E-state index contributed by atoms with van der Waals surface area (Å²) >= 11 is 0. The molecule has 37 heavy (non-hydrogen) atoms. The van der Waals surface area contributed by atoms with Gasteiger partial charge < -0.3 is 14.4 Å². The maximum atomic E-state index is 13.0. The number of nitrogens with zero attached hydrogens (tertiary/aromatic N) is 2. The Labute approximate surface area is 212 Å². The van der Waals surface area contributed by atoms with Crippen molar-refractivity contribution < 1.29 is 44.8 Å². The molecular formula is C24H27F3N2O7S. The van der Waals surface area contributed by atoms with Crippen LogP contribution in [0.5, 0.6) is 5.75 Å². The molecule has 1 aliphatic heterocycles. The highest BCUT2D eigenvalue weighted by Gasteiger charge is 2.48. The minimum Gasteiger partial charge on any atom is -0.489 e. The van der Waals surface area contributed by atoms with E-state index in [2.05, 4.69) is 4.18 Å². The predicted octanol–water partition coefficient (Wildman–Crippen LogP) is 4.08. The van der Waals surface area contributed by atoms with Gasteiger partial charge in [0.25, 0.3) is 0 Å². The number of hydrogen-bond donors (Lipinski definition) is 0. The molecule has 9 nitrogen and oxygen atoms in total. The Morgan fingerprint density at radius 3 is 2.22 bits per heavy atom. The lowest BCUT2D eigenvalue weighted by molar-refractivity contribution is -0.122. The second-order valence-electron chi connectivity index (χ2n) is 9.23. The van der Waals surface area contributed by atoms with Crippen LogP contribution in [0.1, 0.15) is 26.3 Å². The zero-order valence-corrected chi connectivity index (χ0v) is 21.2. The molecule has 0 N–H and O–H groups in total. The molecule has 202 valence electrons. The molecule has 0 aliphatic carbocycles. The van der Waals surface area contributed by atoms with Gasteiger partial charge in [-0.3, -0.25) is 13.9 Å². The van der Waals surface area contributed by atoms with Gasteiger partial charge in [-0.1, -0.05) is 30.3 Å². The largest absolute Gasteiger partial charge is 0.523 e. The van der Waals surface area contributed by atoms with Crippen LogP contribution in [0, 0.1) is 0 Å². The third kappa shape index (κ3) is 7.59. The summed E-state index contributed by atoms with van der Waals surface area (Å²) in [4.78, 5) is 27.6. The lowest BCUT2D eigenvalue weighted by Gasteiger charge is -2.41. The molecule has 0 saturated carbocycles. The van der Waals surface area contributed by atoms with Crippen LogP contribution in [0.15, 0.2) is 54.6 Å². The van der Waals surface area contributed by atoms with Gasteiger partial charge in [0.15, 0.2) is 0 Å². The van der Waals surface area contributed by atoms with Crippen LogP contribution in [0.3, 0.4) is 0 Å². The average molecular weight is 545 g/mol. The first-order chi connectivity index (χ1) is 17.2. The lowest BCUT2D eigenvalue weighted by atomic mass is 10.1. The average Bonchev–Trinajstić information content (AvgIpc) is 2.80. The van der Waals surface area contributed by atoms with E-state index in [-0.39, 0.29) is 12.2 Å². The fourth-order valence-electron chi connectivity index (χ4n) is 3.47. The van der Waals surface area contributed by atoms with Crippen LogP contribution >= 0.6 is 0 Å². The third-order valence-electron chi connectivity index (χ3n) is 5.11. The van der Waals surface area contributed by atoms with Crippen LogP contribution in [-0.4, -0.2) is 62.2 Å². The Morgan fingerprint density at radius 2 is 1.65 bits per heavy atom. The van der Waals surface area contributed by atoms with Gasteiger partial charge in [-0.05, 0) is 50.6 Å². The first-order valence-corrected chi connectivity index (χ1v) is 12.6. The molecule has 1 saturated heterocycles. The Morgan fingerprint density at radius 1 is 1.03 bits per heavy atom. The van der Waals surface area contributed by atoms with Gasteiger partial charge in [0.2, 0.25) is 5.91 Å². The highest BCUT2D eigenvalue weighted by Crippen LogP contribution is 2.29. The molecule has 2 aromatic carbocycles.